The average Bonchev–Trinajstić information content (AvgIpc) is 2.54. The van der Waals surface area contributed by atoms with Gasteiger partial charge >= 0.3 is 0 Å². The van der Waals surface area contributed by atoms with Gasteiger partial charge in [0.1, 0.15) is 9.63 Å². The van der Waals surface area contributed by atoms with E-state index in [-0.39, 0.29) is 0 Å². The fourth-order valence-corrected chi connectivity index (χ4v) is 3.44. The molecule has 14 heavy (non-hydrogen) atoms. The van der Waals surface area contributed by atoms with E-state index in [1.165, 1.54) is 25.7 Å². The summed E-state index contributed by atoms with van der Waals surface area (Å²) in [6, 6.07) is 1.93. The molecule has 0 bridgehead atoms. The van der Waals surface area contributed by atoms with Crippen molar-refractivity contribution in [3.05, 3.63) is 10.7 Å². The Labute approximate surface area is 96.0 Å². The van der Waals surface area contributed by atoms with Crippen molar-refractivity contribution >= 4 is 33.6 Å². The van der Waals surface area contributed by atoms with Crippen molar-refractivity contribution in [3.8, 4) is 0 Å². The van der Waals surface area contributed by atoms with Gasteiger partial charge in [0.25, 0.3) is 0 Å². The predicted molar refractivity (Wildman–Crippen MR) is 62.3 cm³/mol. The van der Waals surface area contributed by atoms with Crippen molar-refractivity contribution in [1.82, 2.24) is 9.97 Å². The Hall–Kier alpha value is -0.290. The molecule has 1 aromatic rings. The molecule has 3 nitrogen and oxygen atoms in total. The highest BCUT2D eigenvalue weighted by molar-refractivity contribution is 9.10. The second-order valence-corrected chi connectivity index (χ2v) is 5.54. The van der Waals surface area contributed by atoms with Gasteiger partial charge in [-0.2, -0.15) is 0 Å². The number of anilines is 1. The molecular formula is C9H12BrN3S. The summed E-state index contributed by atoms with van der Waals surface area (Å²) in [6.45, 7) is 0. The molecule has 1 heterocycles. The number of nitrogens with two attached hydrogens (primary N) is 1. The number of hydrogen-bond donors (Lipinski definition) is 1. The minimum absolute atomic E-state index is 0.347. The third kappa shape index (κ3) is 2.60. The summed E-state index contributed by atoms with van der Waals surface area (Å²) in [7, 11) is 0. The summed E-state index contributed by atoms with van der Waals surface area (Å²) in [5.41, 5.74) is 5.57. The average molecular weight is 274 g/mol. The maximum Gasteiger partial charge on any atom is 0.222 e. The number of hydrogen-bond acceptors (Lipinski definition) is 4. The largest absolute Gasteiger partial charge is 0.368 e. The van der Waals surface area contributed by atoms with Crippen molar-refractivity contribution in [3.63, 3.8) is 0 Å². The minimum Gasteiger partial charge on any atom is -0.368 e. The van der Waals surface area contributed by atoms with Crippen LogP contribution in [0.4, 0.5) is 5.95 Å². The fourth-order valence-electron chi connectivity index (χ4n) is 1.65. The van der Waals surface area contributed by atoms with Gasteiger partial charge in [0.15, 0.2) is 0 Å². The number of nitrogen functional groups attached to an aromatic ring is 1. The molecule has 0 unspecified atom stereocenters. The first-order valence-corrected chi connectivity index (χ1v) is 6.38. The van der Waals surface area contributed by atoms with Crippen molar-refractivity contribution in [2.24, 2.45) is 0 Å². The molecule has 2 N–H and O–H groups in total. The molecule has 1 saturated carbocycles. The summed E-state index contributed by atoms with van der Waals surface area (Å²) in [6.07, 6.45) is 5.29. The second kappa shape index (κ2) is 4.49. The highest BCUT2D eigenvalue weighted by Crippen LogP contribution is 2.34. The van der Waals surface area contributed by atoms with Gasteiger partial charge in [-0.3, -0.25) is 0 Å². The van der Waals surface area contributed by atoms with E-state index in [9.17, 15) is 0 Å². The number of halogens is 1. The highest BCUT2D eigenvalue weighted by atomic mass is 79.9. The van der Waals surface area contributed by atoms with Gasteiger partial charge in [-0.1, -0.05) is 12.8 Å². The Morgan fingerprint density at radius 2 is 2.07 bits per heavy atom. The van der Waals surface area contributed by atoms with Crippen LogP contribution in [0.25, 0.3) is 0 Å². The number of thioether (sulfide) groups is 1. The van der Waals surface area contributed by atoms with Crippen LogP contribution in [0, 0.1) is 0 Å². The normalized spacial score (nSPS) is 17.5. The van der Waals surface area contributed by atoms with Crippen molar-refractivity contribution in [2.75, 3.05) is 5.73 Å². The van der Waals surface area contributed by atoms with Crippen LogP contribution in [0.5, 0.6) is 0 Å². The van der Waals surface area contributed by atoms with Gasteiger partial charge in [0.05, 0.1) is 0 Å². The summed E-state index contributed by atoms with van der Waals surface area (Å²) in [4.78, 5) is 8.18. The van der Waals surface area contributed by atoms with Gasteiger partial charge in [-0.05, 0) is 28.8 Å². The zero-order valence-electron chi connectivity index (χ0n) is 7.74. The molecule has 1 fully saturated rings. The Kier molecular flexibility index (Phi) is 3.28. The van der Waals surface area contributed by atoms with E-state index in [0.717, 1.165) is 14.9 Å². The van der Waals surface area contributed by atoms with Crippen molar-refractivity contribution in [2.45, 2.75) is 36.0 Å². The van der Waals surface area contributed by atoms with Gasteiger partial charge in [-0.15, -0.1) is 11.8 Å². The van der Waals surface area contributed by atoms with E-state index in [1.54, 1.807) is 0 Å². The molecule has 1 aromatic heterocycles. The molecule has 0 radical (unpaired) electrons. The van der Waals surface area contributed by atoms with E-state index < -0.39 is 0 Å². The Morgan fingerprint density at radius 3 is 2.71 bits per heavy atom. The number of rotatable bonds is 2. The second-order valence-electron chi connectivity index (χ2n) is 3.41. The SMILES string of the molecule is Nc1nc(Br)cc(SC2CCCC2)n1. The minimum atomic E-state index is 0.347. The van der Waals surface area contributed by atoms with Crippen LogP contribution in [0.15, 0.2) is 15.7 Å². The first kappa shape index (κ1) is 10.2. The van der Waals surface area contributed by atoms with Gasteiger partial charge < -0.3 is 5.73 Å². The van der Waals surface area contributed by atoms with Crippen LogP contribution >= 0.6 is 27.7 Å². The van der Waals surface area contributed by atoms with E-state index in [2.05, 4.69) is 25.9 Å². The third-order valence-electron chi connectivity index (χ3n) is 2.28. The standard InChI is InChI=1S/C9H12BrN3S/c10-7-5-8(13-9(11)12-7)14-6-3-1-2-4-6/h5-6H,1-4H2,(H2,11,12,13). The zero-order valence-corrected chi connectivity index (χ0v) is 10.1. The summed E-state index contributed by atoms with van der Waals surface area (Å²) < 4.78 is 0.769. The quantitative estimate of drug-likeness (QED) is 0.842. The topological polar surface area (TPSA) is 51.8 Å². The van der Waals surface area contributed by atoms with Gasteiger partial charge in [-0.25, -0.2) is 9.97 Å². The van der Waals surface area contributed by atoms with Crippen LogP contribution in [-0.4, -0.2) is 15.2 Å². The number of nitrogens with zero attached hydrogens (tertiary/aromatic N) is 2. The lowest BCUT2D eigenvalue weighted by Gasteiger charge is -2.07. The van der Waals surface area contributed by atoms with Crippen LogP contribution in [-0.2, 0) is 0 Å². The Bertz CT molecular complexity index is 306. The van der Waals surface area contributed by atoms with Crippen LogP contribution in [0.1, 0.15) is 25.7 Å². The van der Waals surface area contributed by atoms with Gasteiger partial charge in [0, 0.05) is 11.3 Å². The molecule has 0 amide bonds. The van der Waals surface area contributed by atoms with Crippen molar-refractivity contribution < 1.29 is 0 Å². The molecule has 0 spiro atoms. The molecule has 5 heteroatoms. The molecule has 0 aromatic carbocycles. The van der Waals surface area contributed by atoms with Crippen LogP contribution in [0.2, 0.25) is 0 Å². The van der Waals surface area contributed by atoms with Crippen LogP contribution < -0.4 is 5.73 Å². The first-order valence-electron chi connectivity index (χ1n) is 4.71. The highest BCUT2D eigenvalue weighted by Gasteiger charge is 2.17. The smallest absolute Gasteiger partial charge is 0.222 e. The lowest BCUT2D eigenvalue weighted by atomic mass is 10.4. The molecule has 0 aliphatic heterocycles. The molecule has 0 atom stereocenters. The third-order valence-corrected chi connectivity index (χ3v) is 3.94. The molecular weight excluding hydrogens is 262 g/mol. The fraction of sp³-hybridized carbons (Fsp3) is 0.556. The Morgan fingerprint density at radius 1 is 1.36 bits per heavy atom. The summed E-state index contributed by atoms with van der Waals surface area (Å²) in [5.74, 6) is 0.347. The number of aromatic nitrogens is 2. The molecule has 1 aliphatic carbocycles. The van der Waals surface area contributed by atoms with E-state index in [0.29, 0.717) is 5.95 Å². The predicted octanol–water partition coefficient (Wildman–Crippen LogP) is 2.86. The van der Waals surface area contributed by atoms with Crippen molar-refractivity contribution in [1.29, 1.82) is 0 Å². The molecule has 76 valence electrons. The molecule has 1 aliphatic rings. The molecule has 2 rings (SSSR count). The van der Waals surface area contributed by atoms with Gasteiger partial charge in [0.2, 0.25) is 5.95 Å². The monoisotopic (exact) mass is 273 g/mol. The Balaban J connectivity index is 2.07. The lowest BCUT2D eigenvalue weighted by Crippen LogP contribution is -1.99. The summed E-state index contributed by atoms with van der Waals surface area (Å²) >= 11 is 5.14. The zero-order chi connectivity index (χ0) is 9.97. The van der Waals surface area contributed by atoms with E-state index >= 15 is 0 Å². The molecule has 0 saturated heterocycles. The maximum atomic E-state index is 5.57. The van der Waals surface area contributed by atoms with E-state index in [1.807, 2.05) is 17.8 Å². The summed E-state index contributed by atoms with van der Waals surface area (Å²) in [5, 5.41) is 1.70. The van der Waals surface area contributed by atoms with E-state index in [4.69, 9.17) is 5.73 Å². The first-order chi connectivity index (χ1) is 6.74. The lowest BCUT2D eigenvalue weighted by molar-refractivity contribution is 0.886. The van der Waals surface area contributed by atoms with Crippen LogP contribution in [0.3, 0.4) is 0 Å². The maximum absolute atomic E-state index is 5.57.